The van der Waals surface area contributed by atoms with Crippen LogP contribution in [0.3, 0.4) is 0 Å². The first-order valence-electron chi connectivity index (χ1n) is 12.3. The lowest BCUT2D eigenvalue weighted by Crippen LogP contribution is -2.36. The van der Waals surface area contributed by atoms with Gasteiger partial charge in [-0.2, -0.15) is 0 Å². The van der Waals surface area contributed by atoms with Gasteiger partial charge in [-0.3, -0.25) is 0 Å². The summed E-state index contributed by atoms with van der Waals surface area (Å²) < 4.78 is 21.1. The van der Waals surface area contributed by atoms with E-state index in [1.54, 1.807) is 7.11 Å². The molecular weight excluding hydrogens is 467 g/mol. The van der Waals surface area contributed by atoms with Crippen LogP contribution in [-0.4, -0.2) is 55.5 Å². The molecule has 1 aromatic heterocycles. The molecular formula is C27H32ClFN4O2. The number of rotatable bonds is 7. The number of anilines is 2. The van der Waals surface area contributed by atoms with E-state index in [0.29, 0.717) is 35.8 Å². The van der Waals surface area contributed by atoms with Crippen molar-refractivity contribution in [1.82, 2.24) is 9.97 Å². The number of aromatic nitrogens is 2. The normalized spacial score (nSPS) is 17.9. The summed E-state index contributed by atoms with van der Waals surface area (Å²) in [6.45, 7) is 2.10. The number of halogens is 2. The fraction of sp³-hybridized carbons (Fsp3) is 0.481. The zero-order chi connectivity index (χ0) is 24.6. The average Bonchev–Trinajstić information content (AvgIpc) is 2.87. The Bertz CT molecular complexity index is 1210. The molecule has 35 heavy (non-hydrogen) atoms. The van der Waals surface area contributed by atoms with Crippen molar-refractivity contribution >= 4 is 34.0 Å². The Hall–Kier alpha value is -2.64. The Morgan fingerprint density at radius 1 is 1.20 bits per heavy atom. The quantitative estimate of drug-likeness (QED) is 0.467. The van der Waals surface area contributed by atoms with Gasteiger partial charge in [0.25, 0.3) is 0 Å². The van der Waals surface area contributed by atoms with Gasteiger partial charge in [-0.25, -0.2) is 14.4 Å². The highest BCUT2D eigenvalue weighted by Gasteiger charge is 2.42. The van der Waals surface area contributed by atoms with Crippen molar-refractivity contribution in [3.05, 3.63) is 52.8 Å². The van der Waals surface area contributed by atoms with Crippen molar-refractivity contribution in [2.75, 3.05) is 50.2 Å². The predicted octanol–water partition coefficient (Wildman–Crippen LogP) is 5.45. The molecule has 1 saturated heterocycles. The van der Waals surface area contributed by atoms with E-state index in [9.17, 15) is 5.11 Å². The van der Waals surface area contributed by atoms with Crippen molar-refractivity contribution in [2.24, 2.45) is 0 Å². The van der Waals surface area contributed by atoms with Crippen LogP contribution in [0.4, 0.5) is 15.9 Å². The second-order valence-corrected chi connectivity index (χ2v) is 10.1. The van der Waals surface area contributed by atoms with E-state index in [-0.39, 0.29) is 12.4 Å². The molecule has 0 bridgehead atoms. The van der Waals surface area contributed by atoms with Crippen molar-refractivity contribution in [1.29, 1.82) is 0 Å². The van der Waals surface area contributed by atoms with Crippen molar-refractivity contribution in [3.63, 3.8) is 0 Å². The minimum atomic E-state index is -1.48. The van der Waals surface area contributed by atoms with E-state index >= 15 is 4.39 Å². The second kappa shape index (κ2) is 9.78. The maximum absolute atomic E-state index is 15.5. The lowest BCUT2D eigenvalue weighted by atomic mass is 9.81. The Labute approximate surface area is 210 Å². The number of aliphatic hydroxyl groups is 1. The number of fused-ring (bicyclic) bond motifs is 1. The third-order valence-electron chi connectivity index (χ3n) is 7.51. The second-order valence-electron chi connectivity index (χ2n) is 9.66. The zero-order valence-electron chi connectivity index (χ0n) is 20.3. The summed E-state index contributed by atoms with van der Waals surface area (Å²) in [5.41, 5.74) is 1.21. The molecule has 3 aromatic rings. The topological polar surface area (TPSA) is 61.7 Å². The molecule has 1 N–H and O–H groups in total. The highest BCUT2D eigenvalue weighted by atomic mass is 35.5. The van der Waals surface area contributed by atoms with E-state index in [0.717, 1.165) is 55.0 Å². The number of likely N-dealkylation sites (N-methyl/N-ethyl adjacent to an activating group) is 1. The van der Waals surface area contributed by atoms with Crippen LogP contribution < -0.4 is 14.5 Å². The molecule has 5 rings (SSSR count). The number of ether oxygens (including phenoxy) is 1. The van der Waals surface area contributed by atoms with Gasteiger partial charge in [0.05, 0.1) is 24.3 Å². The van der Waals surface area contributed by atoms with Crippen molar-refractivity contribution < 1.29 is 14.2 Å². The number of para-hydroxylation sites is 1. The van der Waals surface area contributed by atoms with Crippen LogP contribution in [0.5, 0.6) is 5.75 Å². The Morgan fingerprint density at radius 2 is 1.94 bits per heavy atom. The van der Waals surface area contributed by atoms with Crippen molar-refractivity contribution in [2.45, 2.75) is 43.7 Å². The molecule has 0 radical (unpaired) electrons. The number of alkyl halides is 1. The third kappa shape index (κ3) is 4.52. The molecule has 1 aliphatic carbocycles. The molecule has 186 valence electrons. The summed E-state index contributed by atoms with van der Waals surface area (Å²) in [6, 6.07) is 12.0. The van der Waals surface area contributed by atoms with Crippen LogP contribution in [-0.2, 0) is 5.67 Å². The lowest BCUT2D eigenvalue weighted by Gasteiger charge is -2.36. The fourth-order valence-corrected chi connectivity index (χ4v) is 5.47. The minimum Gasteiger partial charge on any atom is -0.496 e. The van der Waals surface area contributed by atoms with Gasteiger partial charge >= 0.3 is 0 Å². The summed E-state index contributed by atoms with van der Waals surface area (Å²) in [6.07, 6.45) is 3.63. The summed E-state index contributed by atoms with van der Waals surface area (Å²) in [4.78, 5) is 13.6. The molecule has 1 aliphatic heterocycles. The van der Waals surface area contributed by atoms with Crippen LogP contribution in [0.15, 0.2) is 36.4 Å². The summed E-state index contributed by atoms with van der Waals surface area (Å²) >= 11 is 6.70. The number of nitrogens with zero attached hydrogens (tertiary/aromatic N) is 4. The van der Waals surface area contributed by atoms with Crippen LogP contribution in [0, 0.1) is 0 Å². The van der Waals surface area contributed by atoms with Gasteiger partial charge in [0, 0.05) is 37.8 Å². The Kier molecular flexibility index (Phi) is 6.73. The molecule has 2 fully saturated rings. The van der Waals surface area contributed by atoms with Crippen LogP contribution in [0.1, 0.15) is 49.4 Å². The van der Waals surface area contributed by atoms with Crippen LogP contribution in [0.2, 0.25) is 5.02 Å². The maximum Gasteiger partial charge on any atom is 0.170 e. The number of hydrogen-bond acceptors (Lipinski definition) is 6. The van der Waals surface area contributed by atoms with Gasteiger partial charge in [-0.1, -0.05) is 29.8 Å². The van der Waals surface area contributed by atoms with Gasteiger partial charge in [0.15, 0.2) is 11.5 Å². The fourth-order valence-electron chi connectivity index (χ4n) is 5.22. The summed E-state index contributed by atoms with van der Waals surface area (Å²) in [7, 11) is 3.62. The number of hydrogen-bond donors (Lipinski definition) is 1. The number of benzene rings is 2. The molecule has 2 aromatic carbocycles. The maximum atomic E-state index is 15.5. The molecule has 1 saturated carbocycles. The molecule has 2 aliphatic rings. The SMILES string of the molecule is COc1ccccc1C1CCN(c2nc(C3(F)CCC3)nc3c(Cl)cc(N(C)CCO)cc23)CC1. The Balaban J connectivity index is 1.52. The van der Waals surface area contributed by atoms with E-state index in [4.69, 9.17) is 21.3 Å². The third-order valence-corrected chi connectivity index (χ3v) is 7.80. The molecule has 0 unspecified atom stereocenters. The first kappa shape index (κ1) is 24.1. The highest BCUT2D eigenvalue weighted by molar-refractivity contribution is 6.35. The van der Waals surface area contributed by atoms with E-state index in [1.165, 1.54) is 5.56 Å². The number of aliphatic hydroxyl groups excluding tert-OH is 1. The smallest absolute Gasteiger partial charge is 0.170 e. The van der Waals surface area contributed by atoms with Gasteiger partial charge in [-0.05, 0) is 61.8 Å². The zero-order valence-corrected chi connectivity index (χ0v) is 21.1. The highest BCUT2D eigenvalue weighted by Crippen LogP contribution is 2.46. The van der Waals surface area contributed by atoms with Crippen LogP contribution in [0.25, 0.3) is 10.9 Å². The summed E-state index contributed by atoms with van der Waals surface area (Å²) in [5.74, 6) is 2.31. The van der Waals surface area contributed by atoms with Gasteiger partial charge in [0.1, 0.15) is 11.6 Å². The Morgan fingerprint density at radius 3 is 2.60 bits per heavy atom. The largest absolute Gasteiger partial charge is 0.496 e. The van der Waals surface area contributed by atoms with Crippen LogP contribution >= 0.6 is 11.6 Å². The molecule has 8 heteroatoms. The van der Waals surface area contributed by atoms with Gasteiger partial charge in [0.2, 0.25) is 0 Å². The molecule has 0 spiro atoms. The van der Waals surface area contributed by atoms with Crippen molar-refractivity contribution in [3.8, 4) is 5.75 Å². The minimum absolute atomic E-state index is 0.0370. The first-order valence-corrected chi connectivity index (χ1v) is 12.7. The van der Waals surface area contributed by atoms with Gasteiger partial charge in [-0.15, -0.1) is 0 Å². The van der Waals surface area contributed by atoms with E-state index in [2.05, 4.69) is 22.0 Å². The lowest BCUT2D eigenvalue weighted by molar-refractivity contribution is 0.0512. The monoisotopic (exact) mass is 498 g/mol. The average molecular weight is 499 g/mol. The standard InChI is InChI=1S/C27H32ClFN4O2/c1-32(14-15-34)19-16-21-24(22(28)17-19)30-26(27(29)10-5-11-27)31-25(21)33-12-8-18(9-13-33)20-6-3-4-7-23(20)35-2/h3-4,6-7,16-18,34H,5,8-15H2,1-2H3. The first-order chi connectivity index (χ1) is 16.9. The molecule has 0 atom stereocenters. The van der Waals surface area contributed by atoms with Gasteiger partial charge < -0.3 is 19.6 Å². The number of methoxy groups -OCH3 is 1. The molecule has 0 amide bonds. The van der Waals surface area contributed by atoms with E-state index < -0.39 is 5.67 Å². The molecule has 2 heterocycles. The predicted molar refractivity (Wildman–Crippen MR) is 139 cm³/mol. The summed E-state index contributed by atoms with van der Waals surface area (Å²) in [5, 5.41) is 10.7. The molecule has 6 nitrogen and oxygen atoms in total. The number of piperidine rings is 1. The van der Waals surface area contributed by atoms with E-state index in [1.807, 2.05) is 36.2 Å².